The third-order valence-corrected chi connectivity index (χ3v) is 4.42. The molecule has 1 amide bonds. The average molecular weight is 314 g/mol. The van der Waals surface area contributed by atoms with Crippen LogP contribution in [-0.2, 0) is 6.54 Å². The standard InChI is InChI=1S/C16H18N4OS/c1-10-9-20-14(11(2)19-16(20)22-10)15(21)18-8-12-4-6-13(17-3)7-5-12/h4-7,9,17H,8H2,1-3H3,(H,18,21). The number of aryl methyl sites for hydroxylation is 2. The molecule has 0 atom stereocenters. The molecule has 0 saturated heterocycles. The molecule has 2 N–H and O–H groups in total. The first kappa shape index (κ1) is 14.6. The number of carbonyl (C=O) groups is 1. The zero-order chi connectivity index (χ0) is 15.7. The van der Waals surface area contributed by atoms with Crippen LogP contribution < -0.4 is 10.6 Å². The van der Waals surface area contributed by atoms with Gasteiger partial charge in [0.15, 0.2) is 4.96 Å². The molecule has 0 saturated carbocycles. The number of carbonyl (C=O) groups excluding carboxylic acids is 1. The van der Waals surface area contributed by atoms with E-state index in [0.29, 0.717) is 12.2 Å². The fourth-order valence-corrected chi connectivity index (χ4v) is 3.26. The smallest absolute Gasteiger partial charge is 0.270 e. The second-order valence-corrected chi connectivity index (χ2v) is 6.38. The van der Waals surface area contributed by atoms with Gasteiger partial charge >= 0.3 is 0 Å². The predicted octanol–water partition coefficient (Wildman–Crippen LogP) is 2.98. The van der Waals surface area contributed by atoms with Crippen LogP contribution in [0.15, 0.2) is 30.5 Å². The third-order valence-electron chi connectivity index (χ3n) is 3.53. The van der Waals surface area contributed by atoms with E-state index in [0.717, 1.165) is 26.8 Å². The number of benzene rings is 1. The Bertz CT molecular complexity index is 817. The van der Waals surface area contributed by atoms with Gasteiger partial charge in [0.2, 0.25) is 0 Å². The lowest BCUT2D eigenvalue weighted by atomic mass is 10.2. The van der Waals surface area contributed by atoms with Gasteiger partial charge in [-0.2, -0.15) is 0 Å². The van der Waals surface area contributed by atoms with E-state index in [1.54, 1.807) is 11.3 Å². The number of thiazole rings is 1. The first-order valence-corrected chi connectivity index (χ1v) is 7.90. The van der Waals surface area contributed by atoms with E-state index in [2.05, 4.69) is 15.6 Å². The van der Waals surface area contributed by atoms with Crippen molar-refractivity contribution in [2.75, 3.05) is 12.4 Å². The largest absolute Gasteiger partial charge is 0.388 e. The molecule has 0 aliphatic heterocycles. The molecule has 0 fully saturated rings. The summed E-state index contributed by atoms with van der Waals surface area (Å²) in [6, 6.07) is 7.98. The van der Waals surface area contributed by atoms with Crippen molar-refractivity contribution in [1.82, 2.24) is 14.7 Å². The quantitative estimate of drug-likeness (QED) is 0.778. The number of hydrogen-bond donors (Lipinski definition) is 2. The Balaban J connectivity index is 1.76. The molecule has 0 spiro atoms. The van der Waals surface area contributed by atoms with Gasteiger partial charge < -0.3 is 10.6 Å². The molecule has 114 valence electrons. The highest BCUT2D eigenvalue weighted by Crippen LogP contribution is 2.20. The highest BCUT2D eigenvalue weighted by Gasteiger charge is 2.17. The number of anilines is 1. The van der Waals surface area contributed by atoms with Crippen LogP contribution in [0.25, 0.3) is 4.96 Å². The molecule has 6 heteroatoms. The van der Waals surface area contributed by atoms with Crippen molar-refractivity contribution in [3.63, 3.8) is 0 Å². The van der Waals surface area contributed by atoms with Crippen molar-refractivity contribution in [2.24, 2.45) is 0 Å². The number of amides is 1. The van der Waals surface area contributed by atoms with E-state index in [1.807, 2.05) is 55.8 Å². The van der Waals surface area contributed by atoms with Gasteiger partial charge in [0.05, 0.1) is 5.69 Å². The fraction of sp³-hybridized carbons (Fsp3) is 0.250. The maximum atomic E-state index is 12.5. The minimum atomic E-state index is -0.0968. The molecule has 0 radical (unpaired) electrons. The zero-order valence-electron chi connectivity index (χ0n) is 12.8. The second-order valence-electron chi connectivity index (χ2n) is 5.17. The molecule has 0 bridgehead atoms. The summed E-state index contributed by atoms with van der Waals surface area (Å²) in [6.07, 6.45) is 1.95. The van der Waals surface area contributed by atoms with Crippen molar-refractivity contribution in [3.05, 3.63) is 52.3 Å². The van der Waals surface area contributed by atoms with Crippen molar-refractivity contribution in [1.29, 1.82) is 0 Å². The van der Waals surface area contributed by atoms with Gasteiger partial charge in [0.1, 0.15) is 5.69 Å². The Kier molecular flexibility index (Phi) is 3.85. The lowest BCUT2D eigenvalue weighted by molar-refractivity contribution is 0.0944. The maximum Gasteiger partial charge on any atom is 0.270 e. The van der Waals surface area contributed by atoms with Gasteiger partial charge in [0.25, 0.3) is 5.91 Å². The van der Waals surface area contributed by atoms with Crippen LogP contribution >= 0.6 is 11.3 Å². The Hall–Kier alpha value is -2.34. The van der Waals surface area contributed by atoms with Gasteiger partial charge in [-0.15, -0.1) is 11.3 Å². The van der Waals surface area contributed by atoms with E-state index in [9.17, 15) is 4.79 Å². The Morgan fingerprint density at radius 2 is 2.00 bits per heavy atom. The van der Waals surface area contributed by atoms with E-state index in [4.69, 9.17) is 0 Å². The van der Waals surface area contributed by atoms with Crippen molar-refractivity contribution in [2.45, 2.75) is 20.4 Å². The minimum Gasteiger partial charge on any atom is -0.388 e. The number of imidazole rings is 1. The zero-order valence-corrected chi connectivity index (χ0v) is 13.6. The molecular weight excluding hydrogens is 296 g/mol. The van der Waals surface area contributed by atoms with Crippen molar-refractivity contribution in [3.8, 4) is 0 Å². The molecule has 5 nitrogen and oxygen atoms in total. The Morgan fingerprint density at radius 1 is 1.27 bits per heavy atom. The van der Waals surface area contributed by atoms with Crippen molar-refractivity contribution >= 4 is 27.9 Å². The number of rotatable bonds is 4. The summed E-state index contributed by atoms with van der Waals surface area (Å²) in [7, 11) is 1.88. The van der Waals surface area contributed by atoms with Crippen LogP contribution in [0.4, 0.5) is 5.69 Å². The molecule has 0 aliphatic carbocycles. The number of hydrogen-bond acceptors (Lipinski definition) is 4. The summed E-state index contributed by atoms with van der Waals surface area (Å²) in [5.74, 6) is -0.0968. The summed E-state index contributed by atoms with van der Waals surface area (Å²) >= 11 is 1.59. The lowest BCUT2D eigenvalue weighted by Gasteiger charge is -2.06. The van der Waals surface area contributed by atoms with Gasteiger partial charge in [-0.3, -0.25) is 9.20 Å². The minimum absolute atomic E-state index is 0.0968. The van der Waals surface area contributed by atoms with Crippen LogP contribution in [0.5, 0.6) is 0 Å². The molecule has 3 aromatic rings. The first-order chi connectivity index (χ1) is 10.6. The highest BCUT2D eigenvalue weighted by molar-refractivity contribution is 7.17. The Labute approximate surface area is 133 Å². The molecular formula is C16H18N4OS. The second kappa shape index (κ2) is 5.81. The molecule has 1 aromatic carbocycles. The summed E-state index contributed by atoms with van der Waals surface area (Å²) in [6.45, 7) is 4.38. The topological polar surface area (TPSA) is 58.4 Å². The Morgan fingerprint density at radius 3 is 2.68 bits per heavy atom. The van der Waals surface area contributed by atoms with Gasteiger partial charge in [-0.25, -0.2) is 4.98 Å². The molecule has 0 unspecified atom stereocenters. The molecule has 0 aliphatic rings. The van der Waals surface area contributed by atoms with Crippen LogP contribution in [0.3, 0.4) is 0 Å². The van der Waals surface area contributed by atoms with Crippen LogP contribution in [0, 0.1) is 13.8 Å². The number of aromatic nitrogens is 2. The summed E-state index contributed by atoms with van der Waals surface area (Å²) in [4.78, 5) is 18.9. The summed E-state index contributed by atoms with van der Waals surface area (Å²) in [5.41, 5.74) is 3.49. The average Bonchev–Trinajstić information content (AvgIpc) is 2.99. The lowest BCUT2D eigenvalue weighted by Crippen LogP contribution is -2.24. The van der Waals surface area contributed by atoms with Crippen LogP contribution in [-0.4, -0.2) is 22.3 Å². The monoisotopic (exact) mass is 314 g/mol. The van der Waals surface area contributed by atoms with Gasteiger partial charge in [0, 0.05) is 30.4 Å². The van der Waals surface area contributed by atoms with E-state index in [-0.39, 0.29) is 5.91 Å². The fourth-order valence-electron chi connectivity index (χ4n) is 2.39. The predicted molar refractivity (Wildman–Crippen MR) is 89.7 cm³/mol. The number of nitrogens with zero attached hydrogens (tertiary/aromatic N) is 2. The molecule has 22 heavy (non-hydrogen) atoms. The molecule has 2 aromatic heterocycles. The maximum absolute atomic E-state index is 12.5. The summed E-state index contributed by atoms with van der Waals surface area (Å²) < 4.78 is 1.87. The SMILES string of the molecule is CNc1ccc(CNC(=O)c2c(C)nc3sc(C)cn23)cc1. The van der Waals surface area contributed by atoms with E-state index < -0.39 is 0 Å². The normalized spacial score (nSPS) is 10.9. The van der Waals surface area contributed by atoms with Gasteiger partial charge in [-0.1, -0.05) is 12.1 Å². The first-order valence-electron chi connectivity index (χ1n) is 7.08. The van der Waals surface area contributed by atoms with Crippen LogP contribution in [0.1, 0.15) is 26.6 Å². The third kappa shape index (κ3) is 2.69. The molecule has 3 rings (SSSR count). The van der Waals surface area contributed by atoms with E-state index in [1.165, 1.54) is 0 Å². The highest BCUT2D eigenvalue weighted by atomic mass is 32.1. The number of fused-ring (bicyclic) bond motifs is 1. The van der Waals surface area contributed by atoms with Crippen LogP contribution in [0.2, 0.25) is 0 Å². The number of nitrogens with one attached hydrogen (secondary N) is 2. The van der Waals surface area contributed by atoms with Gasteiger partial charge in [-0.05, 0) is 31.5 Å². The summed E-state index contributed by atoms with van der Waals surface area (Å²) in [5, 5.41) is 6.04. The molecule has 2 heterocycles. The van der Waals surface area contributed by atoms with E-state index >= 15 is 0 Å². The van der Waals surface area contributed by atoms with Crippen molar-refractivity contribution < 1.29 is 4.79 Å².